The Balaban J connectivity index is 1.82. The van der Waals surface area contributed by atoms with Gasteiger partial charge in [-0.3, -0.25) is 0 Å². The first-order valence-electron chi connectivity index (χ1n) is 11.8. The minimum Gasteiger partial charge on any atom is -0.444 e. The third kappa shape index (κ3) is 5.86. The van der Waals surface area contributed by atoms with Crippen molar-refractivity contribution < 1.29 is 19.1 Å². The maximum atomic E-state index is 12.5. The van der Waals surface area contributed by atoms with Crippen LogP contribution in [0.5, 0.6) is 0 Å². The van der Waals surface area contributed by atoms with Crippen LogP contribution < -0.4 is 10.4 Å². The van der Waals surface area contributed by atoms with Crippen molar-refractivity contribution in [1.29, 1.82) is 0 Å². The van der Waals surface area contributed by atoms with Gasteiger partial charge in [0.25, 0.3) is 8.32 Å². The molecule has 2 aromatic rings. The van der Waals surface area contributed by atoms with E-state index in [1.807, 2.05) is 32.9 Å². The Bertz CT molecular complexity index is 866. The van der Waals surface area contributed by atoms with Crippen LogP contribution in [0.2, 0.25) is 5.04 Å². The fraction of sp³-hybridized carbons (Fsp3) is 0.519. The van der Waals surface area contributed by atoms with Crippen LogP contribution in [-0.4, -0.2) is 55.8 Å². The highest BCUT2D eigenvalue weighted by Gasteiger charge is 2.50. The van der Waals surface area contributed by atoms with E-state index in [1.54, 1.807) is 4.90 Å². The third-order valence-corrected chi connectivity index (χ3v) is 11.3. The van der Waals surface area contributed by atoms with Crippen LogP contribution in [0.1, 0.15) is 48.0 Å². The van der Waals surface area contributed by atoms with E-state index in [0.717, 1.165) is 0 Å². The summed E-state index contributed by atoms with van der Waals surface area (Å²) >= 11 is 0. The number of carbonyl (C=O) groups is 1. The zero-order valence-corrected chi connectivity index (χ0v) is 21.9. The molecule has 1 saturated heterocycles. The second-order valence-electron chi connectivity index (χ2n) is 11.0. The molecule has 2 atom stereocenters. The lowest BCUT2D eigenvalue weighted by atomic mass is 9.95. The highest BCUT2D eigenvalue weighted by Crippen LogP contribution is 2.37. The topological polar surface area (TPSA) is 59.0 Å². The monoisotopic (exact) mass is 469 g/mol. The Kier molecular flexibility index (Phi) is 7.71. The summed E-state index contributed by atoms with van der Waals surface area (Å²) in [4.78, 5) is 14.1. The van der Waals surface area contributed by atoms with Gasteiger partial charge in [-0.05, 0) is 42.6 Å². The maximum Gasteiger partial charge on any atom is 0.410 e. The minimum atomic E-state index is -2.65. The molecule has 0 unspecified atom stereocenters. The fourth-order valence-electron chi connectivity index (χ4n) is 4.66. The van der Waals surface area contributed by atoms with Gasteiger partial charge >= 0.3 is 6.09 Å². The number of amides is 1. The molecule has 0 aromatic heterocycles. The van der Waals surface area contributed by atoms with Crippen molar-refractivity contribution in [1.82, 2.24) is 4.90 Å². The van der Waals surface area contributed by atoms with Crippen molar-refractivity contribution in [2.24, 2.45) is 5.92 Å². The number of hydrogen-bond acceptors (Lipinski definition) is 4. The van der Waals surface area contributed by atoms with Crippen LogP contribution in [0, 0.1) is 5.92 Å². The average molecular weight is 470 g/mol. The number of carbonyl (C=O) groups excluding carboxylic acids is 1. The first-order chi connectivity index (χ1) is 15.4. The molecule has 180 valence electrons. The molecule has 1 amide bonds. The van der Waals surface area contributed by atoms with E-state index in [2.05, 4.69) is 69.3 Å². The van der Waals surface area contributed by atoms with E-state index in [-0.39, 0.29) is 23.6 Å². The molecule has 0 aliphatic carbocycles. The largest absolute Gasteiger partial charge is 0.444 e. The van der Waals surface area contributed by atoms with Gasteiger partial charge in [-0.1, -0.05) is 81.4 Å². The van der Waals surface area contributed by atoms with E-state index in [4.69, 9.17) is 9.16 Å². The Morgan fingerprint density at radius 3 is 1.91 bits per heavy atom. The second kappa shape index (κ2) is 10.00. The lowest BCUT2D eigenvalue weighted by Gasteiger charge is -2.45. The SMILES string of the molecule is CC(C)(C)OC(=O)N1CC[C@@H](CO[Si](c2ccccc2)(c2ccccc2)C(C)(C)C)[C@H](O)C1. The molecule has 1 N–H and O–H groups in total. The number of β-amino-alcohol motifs (C(OH)–C–C–N with tert-alkyl or cyclic N) is 1. The molecular formula is C27H39NO4Si. The number of benzene rings is 2. The van der Waals surface area contributed by atoms with Gasteiger partial charge in [0, 0.05) is 19.1 Å². The first kappa shape index (κ1) is 25.5. The lowest BCUT2D eigenvalue weighted by molar-refractivity contribution is -0.0218. The molecule has 0 bridgehead atoms. The Hall–Kier alpha value is -2.15. The lowest BCUT2D eigenvalue weighted by Crippen LogP contribution is -2.67. The molecule has 0 radical (unpaired) electrons. The molecule has 1 fully saturated rings. The van der Waals surface area contributed by atoms with Gasteiger partial charge in [0.05, 0.1) is 12.6 Å². The summed E-state index contributed by atoms with van der Waals surface area (Å²) in [6.07, 6.45) is -0.337. The predicted molar refractivity (Wildman–Crippen MR) is 135 cm³/mol. The standard InChI is InChI=1S/C27H39NO4Si/c1-26(2,3)32-25(30)28-18-17-21(24(29)19-28)20-31-33(27(4,5)6,22-13-9-7-10-14-22)23-15-11-8-12-16-23/h7-16,21,24,29H,17-20H2,1-6H3/t21-,24+/m0/s1. The third-order valence-electron chi connectivity index (χ3n) is 6.30. The summed E-state index contributed by atoms with van der Waals surface area (Å²) in [5, 5.41) is 13.3. The molecule has 5 nitrogen and oxygen atoms in total. The zero-order valence-electron chi connectivity index (χ0n) is 20.9. The summed E-state index contributed by atoms with van der Waals surface area (Å²) in [6.45, 7) is 13.6. The number of likely N-dealkylation sites (tertiary alicyclic amines) is 1. The Labute approximate surface area is 199 Å². The molecule has 3 rings (SSSR count). The smallest absolute Gasteiger partial charge is 0.410 e. The van der Waals surface area contributed by atoms with Gasteiger partial charge in [-0.15, -0.1) is 0 Å². The molecular weight excluding hydrogens is 430 g/mol. The molecule has 1 aliphatic heterocycles. The van der Waals surface area contributed by atoms with Crippen LogP contribution in [-0.2, 0) is 9.16 Å². The number of rotatable bonds is 5. The number of nitrogens with zero attached hydrogens (tertiary/aromatic N) is 1. The minimum absolute atomic E-state index is 0.0367. The van der Waals surface area contributed by atoms with Crippen molar-refractivity contribution in [3.8, 4) is 0 Å². The Morgan fingerprint density at radius 2 is 1.48 bits per heavy atom. The molecule has 0 saturated carbocycles. The van der Waals surface area contributed by atoms with Crippen LogP contribution in [0.15, 0.2) is 60.7 Å². The van der Waals surface area contributed by atoms with Crippen molar-refractivity contribution in [3.63, 3.8) is 0 Å². The quantitative estimate of drug-likeness (QED) is 0.668. The molecule has 33 heavy (non-hydrogen) atoms. The number of piperidine rings is 1. The van der Waals surface area contributed by atoms with Gasteiger partial charge in [-0.2, -0.15) is 0 Å². The number of aliphatic hydroxyl groups excluding tert-OH is 1. The number of hydrogen-bond donors (Lipinski definition) is 1. The van der Waals surface area contributed by atoms with Crippen LogP contribution in [0.4, 0.5) is 4.79 Å². The van der Waals surface area contributed by atoms with E-state index in [1.165, 1.54) is 10.4 Å². The predicted octanol–water partition coefficient (Wildman–Crippen LogP) is 4.18. The highest BCUT2D eigenvalue weighted by molar-refractivity contribution is 6.99. The first-order valence-corrected chi connectivity index (χ1v) is 13.8. The normalized spacial score (nSPS) is 19.9. The summed E-state index contributed by atoms with van der Waals surface area (Å²) in [6, 6.07) is 21.0. The van der Waals surface area contributed by atoms with Crippen molar-refractivity contribution in [2.45, 2.75) is 64.7 Å². The van der Waals surface area contributed by atoms with Gasteiger partial charge in [0.1, 0.15) is 5.60 Å². The van der Waals surface area contributed by atoms with Crippen LogP contribution in [0.3, 0.4) is 0 Å². The van der Waals surface area contributed by atoms with Gasteiger partial charge in [0.15, 0.2) is 0 Å². The van der Waals surface area contributed by atoms with Crippen molar-refractivity contribution >= 4 is 24.8 Å². The second-order valence-corrected chi connectivity index (χ2v) is 15.3. The van der Waals surface area contributed by atoms with Crippen molar-refractivity contribution in [3.05, 3.63) is 60.7 Å². The summed E-state index contributed by atoms with van der Waals surface area (Å²) in [5.74, 6) is -0.0367. The molecule has 1 aliphatic rings. The zero-order chi connectivity index (χ0) is 24.3. The molecule has 6 heteroatoms. The van der Waals surface area contributed by atoms with Crippen LogP contribution in [0.25, 0.3) is 0 Å². The Morgan fingerprint density at radius 1 is 0.970 bits per heavy atom. The maximum absolute atomic E-state index is 12.5. The highest BCUT2D eigenvalue weighted by atomic mass is 28.4. The molecule has 0 spiro atoms. The summed E-state index contributed by atoms with van der Waals surface area (Å²) < 4.78 is 12.5. The van der Waals surface area contributed by atoms with E-state index in [0.29, 0.717) is 19.6 Å². The van der Waals surface area contributed by atoms with Crippen molar-refractivity contribution in [2.75, 3.05) is 19.7 Å². The van der Waals surface area contributed by atoms with E-state index < -0.39 is 20.0 Å². The van der Waals surface area contributed by atoms with Gasteiger partial charge in [0.2, 0.25) is 0 Å². The van der Waals surface area contributed by atoms with Gasteiger partial charge < -0.3 is 19.2 Å². The number of ether oxygens (including phenoxy) is 1. The van der Waals surface area contributed by atoms with Gasteiger partial charge in [-0.25, -0.2) is 4.79 Å². The summed E-state index contributed by atoms with van der Waals surface area (Å²) in [7, 11) is -2.65. The average Bonchev–Trinajstić information content (AvgIpc) is 2.74. The number of aliphatic hydroxyl groups is 1. The van der Waals surface area contributed by atoms with E-state index >= 15 is 0 Å². The molecule has 1 heterocycles. The van der Waals surface area contributed by atoms with E-state index in [9.17, 15) is 9.90 Å². The summed E-state index contributed by atoms with van der Waals surface area (Å²) in [5.41, 5.74) is -0.550. The van der Waals surface area contributed by atoms with Crippen LogP contribution >= 0.6 is 0 Å². The molecule has 2 aromatic carbocycles. The fourth-order valence-corrected chi connectivity index (χ4v) is 9.28.